The van der Waals surface area contributed by atoms with E-state index in [4.69, 9.17) is 38.5 Å². The Bertz CT molecular complexity index is 872. The molecule has 186 valence electrons. The average Bonchev–Trinajstić information content (AvgIpc) is 2.88. The van der Waals surface area contributed by atoms with Gasteiger partial charge in [0.05, 0.1) is 39.6 Å². The summed E-state index contributed by atoms with van der Waals surface area (Å²) in [7, 11) is 5.88. The predicted octanol–water partition coefficient (Wildman–Crippen LogP) is 4.50. The first-order chi connectivity index (χ1) is 16.5. The zero-order chi connectivity index (χ0) is 24.9. The van der Waals surface area contributed by atoms with Gasteiger partial charge in [-0.15, -0.1) is 9.78 Å². The molecule has 0 bridgehead atoms. The van der Waals surface area contributed by atoms with E-state index in [9.17, 15) is 9.59 Å². The molecule has 10 heteroatoms. The van der Waals surface area contributed by atoms with E-state index < -0.39 is 18.2 Å². The van der Waals surface area contributed by atoms with Crippen molar-refractivity contribution in [1.82, 2.24) is 0 Å². The van der Waals surface area contributed by atoms with E-state index in [-0.39, 0.29) is 11.1 Å². The first kappa shape index (κ1) is 26.7. The largest absolute Gasteiger partial charge is 0.493 e. The van der Waals surface area contributed by atoms with Crippen LogP contribution in [0.3, 0.4) is 0 Å². The van der Waals surface area contributed by atoms with Crippen LogP contribution >= 0.6 is 0 Å². The summed E-state index contributed by atoms with van der Waals surface area (Å²) in [5.41, 5.74) is 0.347. The molecule has 0 aliphatic rings. The summed E-state index contributed by atoms with van der Waals surface area (Å²) in [4.78, 5) is 44.9. The van der Waals surface area contributed by atoms with E-state index in [0.717, 1.165) is 12.8 Å². The van der Waals surface area contributed by atoms with Crippen molar-refractivity contribution in [2.75, 3.05) is 28.4 Å². The molecule has 0 radical (unpaired) electrons. The van der Waals surface area contributed by atoms with Crippen molar-refractivity contribution in [3.63, 3.8) is 0 Å². The Morgan fingerprint density at radius 2 is 1.12 bits per heavy atom. The van der Waals surface area contributed by atoms with Gasteiger partial charge in [-0.25, -0.2) is 9.59 Å². The van der Waals surface area contributed by atoms with Crippen molar-refractivity contribution < 1.29 is 48.1 Å². The van der Waals surface area contributed by atoms with Crippen molar-refractivity contribution in [1.29, 1.82) is 0 Å². The Hall–Kier alpha value is -3.50. The van der Waals surface area contributed by atoms with Crippen molar-refractivity contribution in [2.24, 2.45) is 0 Å². The van der Waals surface area contributed by atoms with E-state index in [1.807, 2.05) is 6.92 Å². The first-order valence-corrected chi connectivity index (χ1v) is 10.7. The van der Waals surface area contributed by atoms with Crippen LogP contribution < -0.4 is 18.9 Å². The molecule has 10 nitrogen and oxygen atoms in total. The fourth-order valence-electron chi connectivity index (χ4n) is 2.89. The highest BCUT2D eigenvalue weighted by Gasteiger charge is 2.21. The molecule has 34 heavy (non-hydrogen) atoms. The number of hydrogen-bond acceptors (Lipinski definition) is 10. The minimum absolute atomic E-state index is 0.173. The second-order valence-electron chi connectivity index (χ2n) is 7.00. The molecule has 0 spiro atoms. The molecule has 0 aliphatic carbocycles. The highest BCUT2D eigenvalue weighted by atomic mass is 17.3. The number of rotatable bonds is 14. The zero-order valence-electron chi connectivity index (χ0n) is 20.0. The molecule has 0 aromatic heterocycles. The van der Waals surface area contributed by atoms with Gasteiger partial charge in [-0.1, -0.05) is 19.8 Å². The highest BCUT2D eigenvalue weighted by Crippen LogP contribution is 2.29. The third-order valence-electron chi connectivity index (χ3n) is 4.74. The number of benzene rings is 2. The normalized spacial score (nSPS) is 10.5. The summed E-state index contributed by atoms with van der Waals surface area (Å²) in [5.74, 6) is 0.0752. The van der Waals surface area contributed by atoms with Crippen LogP contribution in [0.2, 0.25) is 0 Å². The van der Waals surface area contributed by atoms with Crippen LogP contribution in [-0.2, 0) is 19.6 Å². The van der Waals surface area contributed by atoms with Gasteiger partial charge in [0.1, 0.15) is 0 Å². The first-order valence-electron chi connectivity index (χ1n) is 10.7. The lowest BCUT2D eigenvalue weighted by atomic mass is 10.2. The summed E-state index contributed by atoms with van der Waals surface area (Å²) < 4.78 is 20.7. The summed E-state index contributed by atoms with van der Waals surface area (Å²) in [5, 5.41) is 0. The topological polar surface area (TPSA) is 108 Å². The van der Waals surface area contributed by atoms with Gasteiger partial charge >= 0.3 is 11.9 Å². The van der Waals surface area contributed by atoms with E-state index in [0.29, 0.717) is 35.8 Å². The zero-order valence-corrected chi connectivity index (χ0v) is 20.0. The van der Waals surface area contributed by atoms with Crippen LogP contribution in [-0.4, -0.2) is 46.7 Å². The van der Waals surface area contributed by atoms with Gasteiger partial charge in [-0.05, 0) is 42.8 Å². The number of ether oxygens (including phenoxy) is 4. The average molecular weight is 478 g/mol. The lowest BCUT2D eigenvalue weighted by Gasteiger charge is -2.15. The van der Waals surface area contributed by atoms with Crippen LogP contribution in [0, 0.1) is 0 Å². The SMILES string of the molecule is CCCCCC(OOC(=O)c1ccc(OC)c(OC)c1)OOC(=O)c1ccc(OC)c(OC)c1. The predicted molar refractivity (Wildman–Crippen MR) is 120 cm³/mol. The van der Waals surface area contributed by atoms with Gasteiger partial charge in [-0.3, -0.25) is 9.78 Å². The molecule has 0 fully saturated rings. The summed E-state index contributed by atoms with van der Waals surface area (Å²) in [6.45, 7) is 2.03. The van der Waals surface area contributed by atoms with Crippen LogP contribution in [0.1, 0.15) is 53.3 Å². The Morgan fingerprint density at radius 3 is 1.50 bits per heavy atom. The van der Waals surface area contributed by atoms with Crippen LogP contribution in [0.15, 0.2) is 36.4 Å². The lowest BCUT2D eigenvalue weighted by molar-refractivity contribution is -0.421. The van der Waals surface area contributed by atoms with Gasteiger partial charge in [0.2, 0.25) is 6.29 Å². The second-order valence-corrected chi connectivity index (χ2v) is 7.00. The monoisotopic (exact) mass is 478 g/mol. The Balaban J connectivity index is 2.00. The fourth-order valence-corrected chi connectivity index (χ4v) is 2.89. The Labute approximate surface area is 198 Å². The van der Waals surface area contributed by atoms with Crippen molar-refractivity contribution in [2.45, 2.75) is 38.9 Å². The number of hydrogen-bond donors (Lipinski definition) is 0. The molecule has 0 aliphatic heterocycles. The van der Waals surface area contributed by atoms with E-state index in [1.165, 1.54) is 52.7 Å². The van der Waals surface area contributed by atoms with Crippen molar-refractivity contribution in [3.05, 3.63) is 47.5 Å². The quantitative estimate of drug-likeness (QED) is 0.167. The van der Waals surface area contributed by atoms with Gasteiger partial charge in [0.25, 0.3) is 0 Å². The smallest absolute Gasteiger partial charge is 0.373 e. The van der Waals surface area contributed by atoms with Gasteiger partial charge in [0, 0.05) is 6.42 Å². The van der Waals surface area contributed by atoms with Crippen molar-refractivity contribution in [3.8, 4) is 23.0 Å². The lowest BCUT2D eigenvalue weighted by Crippen LogP contribution is -2.22. The molecular weight excluding hydrogens is 448 g/mol. The minimum atomic E-state index is -1.13. The maximum atomic E-state index is 12.4. The van der Waals surface area contributed by atoms with Crippen LogP contribution in [0.4, 0.5) is 0 Å². The molecular formula is C24H30O10. The van der Waals surface area contributed by atoms with E-state index in [1.54, 1.807) is 12.1 Å². The second kappa shape index (κ2) is 13.9. The Morgan fingerprint density at radius 1 is 0.676 bits per heavy atom. The molecule has 0 unspecified atom stereocenters. The van der Waals surface area contributed by atoms with Crippen LogP contribution in [0.25, 0.3) is 0 Å². The number of carbonyl (C=O) groups excluding carboxylic acids is 2. The maximum absolute atomic E-state index is 12.4. The van der Waals surface area contributed by atoms with E-state index in [2.05, 4.69) is 0 Å². The summed E-state index contributed by atoms with van der Waals surface area (Å²) in [6, 6.07) is 9.03. The molecule has 0 saturated carbocycles. The molecule has 0 N–H and O–H groups in total. The molecule has 2 rings (SSSR count). The molecule has 0 heterocycles. The Kier molecular flexibility index (Phi) is 10.9. The molecule has 0 atom stereocenters. The number of methoxy groups -OCH3 is 4. The maximum Gasteiger partial charge on any atom is 0.373 e. The number of unbranched alkanes of at least 4 members (excludes halogenated alkanes) is 2. The summed E-state index contributed by atoms with van der Waals surface area (Å²) >= 11 is 0. The van der Waals surface area contributed by atoms with Gasteiger partial charge < -0.3 is 18.9 Å². The fraction of sp³-hybridized carbons (Fsp3) is 0.417. The van der Waals surface area contributed by atoms with E-state index >= 15 is 0 Å². The minimum Gasteiger partial charge on any atom is -0.493 e. The number of carbonyl (C=O) groups is 2. The molecule has 0 saturated heterocycles. The van der Waals surface area contributed by atoms with Gasteiger partial charge in [-0.2, -0.15) is 0 Å². The standard InChI is InChI=1S/C24H30O10/c1-6-7-8-9-22(31-33-23(25)16-10-12-18(27-2)20(14-16)29-4)32-34-24(26)17-11-13-19(28-3)21(15-17)30-5/h10-15,22H,6-9H2,1-5H3. The highest BCUT2D eigenvalue weighted by molar-refractivity contribution is 5.90. The third-order valence-corrected chi connectivity index (χ3v) is 4.74. The third kappa shape index (κ3) is 7.53. The van der Waals surface area contributed by atoms with Crippen LogP contribution in [0.5, 0.6) is 23.0 Å². The molecule has 0 amide bonds. The van der Waals surface area contributed by atoms with Gasteiger partial charge in [0.15, 0.2) is 23.0 Å². The molecule has 2 aromatic carbocycles. The van der Waals surface area contributed by atoms with Crippen molar-refractivity contribution >= 4 is 11.9 Å². The summed E-state index contributed by atoms with van der Waals surface area (Å²) in [6.07, 6.45) is 1.73. The molecule has 2 aromatic rings.